The van der Waals surface area contributed by atoms with Crippen LogP contribution < -0.4 is 5.43 Å². The van der Waals surface area contributed by atoms with Crippen LogP contribution in [0.4, 0.5) is 4.39 Å². The van der Waals surface area contributed by atoms with E-state index in [2.05, 4.69) is 31.6 Å². The molecule has 3 rings (SSSR count). The van der Waals surface area contributed by atoms with Gasteiger partial charge in [0.05, 0.1) is 17.2 Å². The first kappa shape index (κ1) is 18.3. The van der Waals surface area contributed by atoms with Crippen LogP contribution in [0.3, 0.4) is 0 Å². The van der Waals surface area contributed by atoms with Gasteiger partial charge in [-0.05, 0) is 39.7 Å². The smallest absolute Gasteiger partial charge is 0.266 e. The second kappa shape index (κ2) is 8.25. The number of rotatable bonds is 5. The molecule has 26 heavy (non-hydrogen) atoms. The molecule has 8 heteroatoms. The maximum atomic E-state index is 13.5. The van der Waals surface area contributed by atoms with Crippen LogP contribution in [0.15, 0.2) is 64.3 Å². The molecule has 0 bridgehead atoms. The van der Waals surface area contributed by atoms with Gasteiger partial charge in [0.25, 0.3) is 5.91 Å². The minimum Gasteiger partial charge on any atom is -0.266 e. The zero-order valence-electron chi connectivity index (χ0n) is 13.4. The summed E-state index contributed by atoms with van der Waals surface area (Å²) >= 11 is 9.18. The normalized spacial score (nSPS) is 11.0. The van der Waals surface area contributed by atoms with Crippen molar-refractivity contribution in [2.24, 2.45) is 5.10 Å². The summed E-state index contributed by atoms with van der Waals surface area (Å²) < 4.78 is 15.7. The fourth-order valence-electron chi connectivity index (χ4n) is 2.20. The average molecular weight is 436 g/mol. The molecule has 3 aromatic rings. The van der Waals surface area contributed by atoms with Gasteiger partial charge in [0.2, 0.25) is 0 Å². The molecule has 5 nitrogen and oxygen atoms in total. The van der Waals surface area contributed by atoms with Crippen LogP contribution in [-0.2, 0) is 6.54 Å². The summed E-state index contributed by atoms with van der Waals surface area (Å²) in [6.07, 6.45) is 2.94. The number of hydrogen-bond donors (Lipinski definition) is 1. The number of amides is 1. The zero-order chi connectivity index (χ0) is 18.5. The molecule has 0 saturated carbocycles. The number of carbonyl (C=O) groups excluding carboxylic acids is 1. The summed E-state index contributed by atoms with van der Waals surface area (Å²) in [6.45, 7) is 0.488. The van der Waals surface area contributed by atoms with Crippen LogP contribution in [0.1, 0.15) is 21.6 Å². The quantitative estimate of drug-likeness (QED) is 0.481. The van der Waals surface area contributed by atoms with Gasteiger partial charge in [0.15, 0.2) is 5.69 Å². The molecule has 0 unspecified atom stereocenters. The SMILES string of the molecule is O=C(N/N=C/c1ccccc1F)c1nn(Cc2ccc(Cl)cc2)cc1Br. The first-order valence-electron chi connectivity index (χ1n) is 7.58. The number of halogens is 3. The summed E-state index contributed by atoms with van der Waals surface area (Å²) in [5.74, 6) is -0.918. The number of hydrogen-bond acceptors (Lipinski definition) is 3. The maximum Gasteiger partial charge on any atom is 0.293 e. The van der Waals surface area contributed by atoms with Crippen molar-refractivity contribution in [3.8, 4) is 0 Å². The summed E-state index contributed by atoms with van der Waals surface area (Å²) in [7, 11) is 0. The van der Waals surface area contributed by atoms with E-state index in [9.17, 15) is 9.18 Å². The van der Waals surface area contributed by atoms with E-state index in [4.69, 9.17) is 11.6 Å². The molecule has 0 aliphatic heterocycles. The van der Waals surface area contributed by atoms with Gasteiger partial charge >= 0.3 is 0 Å². The Hall–Kier alpha value is -2.51. The third kappa shape index (κ3) is 4.56. The fraction of sp³-hybridized carbons (Fsp3) is 0.0556. The summed E-state index contributed by atoms with van der Waals surface area (Å²) in [6, 6.07) is 13.5. The van der Waals surface area contributed by atoms with Gasteiger partial charge in [0, 0.05) is 16.8 Å². The van der Waals surface area contributed by atoms with Gasteiger partial charge < -0.3 is 0 Å². The summed E-state index contributed by atoms with van der Waals surface area (Å²) in [4.78, 5) is 12.2. The van der Waals surface area contributed by atoms with Gasteiger partial charge in [0.1, 0.15) is 5.82 Å². The first-order chi connectivity index (χ1) is 12.5. The van der Waals surface area contributed by atoms with Crippen LogP contribution in [0, 0.1) is 5.82 Å². The highest BCUT2D eigenvalue weighted by Crippen LogP contribution is 2.17. The molecule has 0 aliphatic carbocycles. The van der Waals surface area contributed by atoms with E-state index < -0.39 is 11.7 Å². The van der Waals surface area contributed by atoms with Crippen LogP contribution in [0.5, 0.6) is 0 Å². The predicted octanol–water partition coefficient (Wildman–Crippen LogP) is 4.25. The molecule has 2 aromatic carbocycles. The highest BCUT2D eigenvalue weighted by Gasteiger charge is 2.15. The van der Waals surface area contributed by atoms with Crippen molar-refractivity contribution in [3.63, 3.8) is 0 Å². The first-order valence-corrected chi connectivity index (χ1v) is 8.75. The standard InChI is InChI=1S/C18H13BrClFN4O/c19-15-11-25(10-12-5-7-14(20)8-6-12)24-17(15)18(26)23-22-9-13-3-1-2-4-16(13)21/h1-9,11H,10H2,(H,23,26)/b22-9+. The van der Waals surface area contributed by atoms with Crippen LogP contribution >= 0.6 is 27.5 Å². The minimum absolute atomic E-state index is 0.185. The monoisotopic (exact) mass is 434 g/mol. The number of nitrogens with one attached hydrogen (secondary N) is 1. The van der Waals surface area contributed by atoms with E-state index >= 15 is 0 Å². The summed E-state index contributed by atoms with van der Waals surface area (Å²) in [5, 5.41) is 8.68. The van der Waals surface area contributed by atoms with Crippen LogP contribution in [0.25, 0.3) is 0 Å². The van der Waals surface area contributed by atoms with E-state index in [1.807, 2.05) is 12.1 Å². The van der Waals surface area contributed by atoms with Crippen molar-refractivity contribution in [2.75, 3.05) is 0 Å². The minimum atomic E-state index is -0.501. The Morgan fingerprint density at radius 3 is 2.73 bits per heavy atom. The Bertz CT molecular complexity index is 956. The Morgan fingerprint density at radius 1 is 1.27 bits per heavy atom. The van der Waals surface area contributed by atoms with E-state index in [1.165, 1.54) is 12.3 Å². The second-order valence-electron chi connectivity index (χ2n) is 5.37. The number of carbonyl (C=O) groups is 1. The molecule has 0 atom stereocenters. The summed E-state index contributed by atoms with van der Waals surface area (Å²) in [5.41, 5.74) is 3.80. The number of benzene rings is 2. The number of nitrogens with zero attached hydrogens (tertiary/aromatic N) is 3. The zero-order valence-corrected chi connectivity index (χ0v) is 15.7. The van der Waals surface area contributed by atoms with Crippen molar-refractivity contribution in [1.29, 1.82) is 0 Å². The lowest BCUT2D eigenvalue weighted by atomic mass is 10.2. The maximum absolute atomic E-state index is 13.5. The largest absolute Gasteiger partial charge is 0.293 e. The predicted molar refractivity (Wildman–Crippen MR) is 102 cm³/mol. The van der Waals surface area contributed by atoms with Crippen molar-refractivity contribution < 1.29 is 9.18 Å². The van der Waals surface area contributed by atoms with Gasteiger partial charge in [-0.2, -0.15) is 10.2 Å². The Balaban J connectivity index is 1.67. The molecule has 0 aliphatic rings. The average Bonchev–Trinajstić information content (AvgIpc) is 2.99. The van der Waals surface area contributed by atoms with E-state index in [0.29, 0.717) is 16.0 Å². The lowest BCUT2D eigenvalue weighted by Gasteiger charge is -2.02. The van der Waals surface area contributed by atoms with Crippen molar-refractivity contribution in [3.05, 3.63) is 86.9 Å². The Kier molecular flexibility index (Phi) is 5.80. The molecule has 132 valence electrons. The number of aromatic nitrogens is 2. The molecule has 0 saturated heterocycles. The third-order valence-corrected chi connectivity index (χ3v) is 4.30. The van der Waals surface area contributed by atoms with Crippen LogP contribution in [0.2, 0.25) is 5.02 Å². The fourth-order valence-corrected chi connectivity index (χ4v) is 2.82. The van der Waals surface area contributed by atoms with E-state index in [-0.39, 0.29) is 11.3 Å². The van der Waals surface area contributed by atoms with Crippen molar-refractivity contribution in [1.82, 2.24) is 15.2 Å². The molecular formula is C18H13BrClFN4O. The molecule has 0 fully saturated rings. The molecular weight excluding hydrogens is 423 g/mol. The Morgan fingerprint density at radius 2 is 2.00 bits per heavy atom. The van der Waals surface area contributed by atoms with Crippen LogP contribution in [-0.4, -0.2) is 21.9 Å². The molecule has 1 amide bonds. The highest BCUT2D eigenvalue weighted by molar-refractivity contribution is 9.10. The molecule has 1 heterocycles. The lowest BCUT2D eigenvalue weighted by Crippen LogP contribution is -2.19. The van der Waals surface area contributed by atoms with Gasteiger partial charge in [-0.15, -0.1) is 0 Å². The topological polar surface area (TPSA) is 59.3 Å². The van der Waals surface area contributed by atoms with Gasteiger partial charge in [-0.25, -0.2) is 9.82 Å². The van der Waals surface area contributed by atoms with E-state index in [0.717, 1.165) is 5.56 Å². The molecule has 1 N–H and O–H groups in total. The highest BCUT2D eigenvalue weighted by atomic mass is 79.9. The molecule has 1 aromatic heterocycles. The molecule has 0 radical (unpaired) electrons. The van der Waals surface area contributed by atoms with Gasteiger partial charge in [-0.3, -0.25) is 9.48 Å². The second-order valence-corrected chi connectivity index (χ2v) is 6.66. The number of hydrazone groups is 1. The van der Waals surface area contributed by atoms with Gasteiger partial charge in [-0.1, -0.05) is 41.9 Å². The van der Waals surface area contributed by atoms with E-state index in [1.54, 1.807) is 41.2 Å². The molecule has 0 spiro atoms. The van der Waals surface area contributed by atoms with Crippen molar-refractivity contribution in [2.45, 2.75) is 6.54 Å². The van der Waals surface area contributed by atoms with Crippen molar-refractivity contribution >= 4 is 39.7 Å². The Labute approximate surface area is 162 Å². The third-order valence-electron chi connectivity index (χ3n) is 3.46. The lowest BCUT2D eigenvalue weighted by molar-refractivity contribution is 0.0948.